The Bertz CT molecular complexity index is 912. The summed E-state index contributed by atoms with van der Waals surface area (Å²) >= 11 is 5.87. The van der Waals surface area contributed by atoms with Gasteiger partial charge in [-0.2, -0.15) is 0 Å². The average Bonchev–Trinajstić information content (AvgIpc) is 3.01. The summed E-state index contributed by atoms with van der Waals surface area (Å²) in [4.78, 5) is 11.5. The number of carbonyl (C=O) groups excluding carboxylic acids is 1. The molecule has 2 aromatic rings. The van der Waals surface area contributed by atoms with Gasteiger partial charge in [0, 0.05) is 11.1 Å². The van der Waals surface area contributed by atoms with Crippen molar-refractivity contribution in [2.24, 2.45) is 0 Å². The van der Waals surface area contributed by atoms with Crippen molar-refractivity contribution in [3.8, 4) is 11.5 Å². The highest BCUT2D eigenvalue weighted by Crippen LogP contribution is 2.35. The van der Waals surface area contributed by atoms with Crippen LogP contribution in [0.5, 0.6) is 11.5 Å². The summed E-state index contributed by atoms with van der Waals surface area (Å²) in [6.45, 7) is 0.0757. The summed E-state index contributed by atoms with van der Waals surface area (Å²) in [6, 6.07) is 8.48. The largest absolute Gasteiger partial charge is 0.465 e. The van der Waals surface area contributed by atoms with Gasteiger partial charge in [0.1, 0.15) is 4.90 Å². The molecule has 0 atom stereocenters. The first-order valence-electron chi connectivity index (χ1n) is 6.71. The number of rotatable bonds is 4. The second kappa shape index (κ2) is 6.21. The fourth-order valence-corrected chi connectivity index (χ4v) is 3.67. The molecular formula is C15H12ClNO6S. The maximum absolute atomic E-state index is 12.6. The molecule has 0 radical (unpaired) electrons. The third-order valence-electron chi connectivity index (χ3n) is 3.26. The second-order valence-corrected chi connectivity index (χ2v) is 6.89. The van der Waals surface area contributed by atoms with Gasteiger partial charge in [0.25, 0.3) is 10.0 Å². The van der Waals surface area contributed by atoms with Crippen molar-refractivity contribution in [2.45, 2.75) is 4.90 Å². The van der Waals surface area contributed by atoms with Crippen LogP contribution in [0.1, 0.15) is 10.4 Å². The molecule has 0 saturated carbocycles. The number of hydrogen-bond acceptors (Lipinski definition) is 6. The lowest BCUT2D eigenvalue weighted by atomic mass is 10.2. The van der Waals surface area contributed by atoms with Crippen molar-refractivity contribution in [1.29, 1.82) is 0 Å². The zero-order chi connectivity index (χ0) is 17.3. The lowest BCUT2D eigenvalue weighted by molar-refractivity contribution is 0.0596. The van der Waals surface area contributed by atoms with Crippen LogP contribution in [0.25, 0.3) is 0 Å². The SMILES string of the molecule is COC(=O)c1ccc(Cl)cc1S(=O)(=O)Nc1ccc2c(c1)OCO2. The molecule has 0 fully saturated rings. The van der Waals surface area contributed by atoms with Crippen LogP contribution in [0, 0.1) is 0 Å². The Morgan fingerprint density at radius 1 is 1.17 bits per heavy atom. The molecule has 0 amide bonds. The Hall–Kier alpha value is -2.45. The Labute approximate surface area is 143 Å². The lowest BCUT2D eigenvalue weighted by Crippen LogP contribution is -2.17. The fraction of sp³-hybridized carbons (Fsp3) is 0.133. The molecule has 126 valence electrons. The van der Waals surface area contributed by atoms with Gasteiger partial charge >= 0.3 is 5.97 Å². The zero-order valence-electron chi connectivity index (χ0n) is 12.4. The van der Waals surface area contributed by atoms with E-state index in [9.17, 15) is 13.2 Å². The number of hydrogen-bond donors (Lipinski definition) is 1. The minimum absolute atomic E-state index is 0.0757. The summed E-state index contributed by atoms with van der Waals surface area (Å²) in [5.41, 5.74) is 0.144. The Morgan fingerprint density at radius 3 is 2.67 bits per heavy atom. The molecule has 1 aliphatic heterocycles. The molecule has 0 bridgehead atoms. The molecular weight excluding hydrogens is 358 g/mol. The summed E-state index contributed by atoms with van der Waals surface area (Å²) in [6.07, 6.45) is 0. The number of carbonyl (C=O) groups is 1. The molecule has 1 heterocycles. The first kappa shape index (κ1) is 16.4. The molecule has 7 nitrogen and oxygen atoms in total. The molecule has 9 heteroatoms. The van der Waals surface area contributed by atoms with Crippen molar-refractivity contribution in [1.82, 2.24) is 0 Å². The van der Waals surface area contributed by atoms with Gasteiger partial charge in [-0.05, 0) is 30.3 Å². The van der Waals surface area contributed by atoms with Crippen LogP contribution in [0.3, 0.4) is 0 Å². The molecule has 0 aliphatic carbocycles. The van der Waals surface area contributed by atoms with E-state index in [1.54, 1.807) is 6.07 Å². The van der Waals surface area contributed by atoms with Crippen LogP contribution in [-0.2, 0) is 14.8 Å². The minimum Gasteiger partial charge on any atom is -0.465 e. The van der Waals surface area contributed by atoms with Gasteiger partial charge in [-0.3, -0.25) is 4.72 Å². The smallest absolute Gasteiger partial charge is 0.339 e. The quantitative estimate of drug-likeness (QED) is 0.833. The van der Waals surface area contributed by atoms with Gasteiger partial charge in [-0.1, -0.05) is 11.6 Å². The zero-order valence-corrected chi connectivity index (χ0v) is 14.0. The van der Waals surface area contributed by atoms with E-state index in [1.165, 1.54) is 37.4 Å². The van der Waals surface area contributed by atoms with E-state index >= 15 is 0 Å². The summed E-state index contributed by atoms with van der Waals surface area (Å²) in [5.74, 6) is 0.170. The number of methoxy groups -OCH3 is 1. The number of benzene rings is 2. The molecule has 1 aliphatic rings. The van der Waals surface area contributed by atoms with Crippen LogP contribution in [0.4, 0.5) is 5.69 Å². The highest BCUT2D eigenvalue weighted by molar-refractivity contribution is 7.92. The van der Waals surface area contributed by atoms with E-state index in [2.05, 4.69) is 9.46 Å². The van der Waals surface area contributed by atoms with E-state index < -0.39 is 16.0 Å². The average molecular weight is 370 g/mol. The minimum atomic E-state index is -4.07. The molecule has 2 aromatic carbocycles. The van der Waals surface area contributed by atoms with Crippen molar-refractivity contribution in [3.63, 3.8) is 0 Å². The lowest BCUT2D eigenvalue weighted by Gasteiger charge is -2.12. The molecule has 0 aromatic heterocycles. The third kappa shape index (κ3) is 3.10. The van der Waals surface area contributed by atoms with E-state index in [0.29, 0.717) is 11.5 Å². The van der Waals surface area contributed by atoms with E-state index in [0.717, 1.165) is 0 Å². The van der Waals surface area contributed by atoms with Gasteiger partial charge in [-0.25, -0.2) is 13.2 Å². The predicted molar refractivity (Wildman–Crippen MR) is 86.2 cm³/mol. The monoisotopic (exact) mass is 369 g/mol. The summed E-state index contributed by atoms with van der Waals surface area (Å²) < 4.78 is 42.7. The second-order valence-electron chi connectivity index (χ2n) is 4.81. The van der Waals surface area contributed by atoms with Crippen LogP contribution >= 0.6 is 11.6 Å². The first-order chi connectivity index (χ1) is 11.4. The molecule has 3 rings (SSSR count). The van der Waals surface area contributed by atoms with E-state index in [-0.39, 0.29) is 28.0 Å². The van der Waals surface area contributed by atoms with Crippen LogP contribution in [0.15, 0.2) is 41.3 Å². The van der Waals surface area contributed by atoms with Gasteiger partial charge < -0.3 is 14.2 Å². The normalized spacial score (nSPS) is 12.8. The topological polar surface area (TPSA) is 90.9 Å². The number of anilines is 1. The summed E-state index contributed by atoms with van der Waals surface area (Å²) in [7, 11) is -2.91. The van der Waals surface area contributed by atoms with Gasteiger partial charge in [0.05, 0.1) is 18.4 Å². The van der Waals surface area contributed by atoms with Crippen molar-refractivity contribution >= 4 is 33.3 Å². The van der Waals surface area contributed by atoms with Gasteiger partial charge in [0.15, 0.2) is 11.5 Å². The highest BCUT2D eigenvalue weighted by atomic mass is 35.5. The number of fused-ring (bicyclic) bond motifs is 1. The number of sulfonamides is 1. The third-order valence-corrected chi connectivity index (χ3v) is 4.92. The highest BCUT2D eigenvalue weighted by Gasteiger charge is 2.24. The standard InChI is InChI=1S/C15H12ClNO6S/c1-21-15(18)11-4-2-9(16)6-14(11)24(19,20)17-10-3-5-12-13(7-10)23-8-22-12/h2-7,17H,8H2,1H3. The molecule has 0 saturated heterocycles. The van der Waals surface area contributed by atoms with Crippen LogP contribution < -0.4 is 14.2 Å². The first-order valence-corrected chi connectivity index (χ1v) is 8.57. The molecule has 1 N–H and O–H groups in total. The fourth-order valence-electron chi connectivity index (χ4n) is 2.17. The summed E-state index contributed by atoms with van der Waals surface area (Å²) in [5, 5.41) is 0.175. The molecule has 24 heavy (non-hydrogen) atoms. The van der Waals surface area contributed by atoms with Crippen molar-refractivity contribution < 1.29 is 27.4 Å². The van der Waals surface area contributed by atoms with E-state index in [1.807, 2.05) is 0 Å². The Kier molecular flexibility index (Phi) is 4.25. The van der Waals surface area contributed by atoms with E-state index in [4.69, 9.17) is 21.1 Å². The maximum Gasteiger partial charge on any atom is 0.339 e. The van der Waals surface area contributed by atoms with Gasteiger partial charge in [0.2, 0.25) is 6.79 Å². The number of halogens is 1. The van der Waals surface area contributed by atoms with Crippen molar-refractivity contribution in [3.05, 3.63) is 47.0 Å². The molecule has 0 spiro atoms. The maximum atomic E-state index is 12.6. The molecule has 0 unspecified atom stereocenters. The number of ether oxygens (including phenoxy) is 3. The van der Waals surface area contributed by atoms with Gasteiger partial charge in [-0.15, -0.1) is 0 Å². The Balaban J connectivity index is 1.99. The van der Waals surface area contributed by atoms with Crippen molar-refractivity contribution in [2.75, 3.05) is 18.6 Å². The number of nitrogens with one attached hydrogen (secondary N) is 1. The van der Waals surface area contributed by atoms with Crippen LogP contribution in [-0.4, -0.2) is 28.3 Å². The predicted octanol–water partition coefficient (Wildman–Crippen LogP) is 2.66. The Morgan fingerprint density at radius 2 is 1.92 bits per heavy atom. The van der Waals surface area contributed by atoms with Crippen LogP contribution in [0.2, 0.25) is 5.02 Å². The number of esters is 1.